The van der Waals surface area contributed by atoms with Crippen molar-refractivity contribution >= 4 is 10.0 Å². The highest BCUT2D eigenvalue weighted by Gasteiger charge is 2.23. The summed E-state index contributed by atoms with van der Waals surface area (Å²) < 4.78 is 27.9. The fourth-order valence-electron chi connectivity index (χ4n) is 2.27. The average Bonchev–Trinajstić information content (AvgIpc) is 2.36. The molecule has 1 heterocycles. The van der Waals surface area contributed by atoms with Crippen LogP contribution in [-0.2, 0) is 16.6 Å². The third kappa shape index (κ3) is 5.70. The van der Waals surface area contributed by atoms with E-state index in [0.29, 0.717) is 18.2 Å². The van der Waals surface area contributed by atoms with Crippen molar-refractivity contribution in [3.05, 3.63) is 24.0 Å². The molecule has 0 saturated heterocycles. The van der Waals surface area contributed by atoms with Crippen molar-refractivity contribution in [2.45, 2.75) is 37.8 Å². The quantitative estimate of drug-likeness (QED) is 0.741. The van der Waals surface area contributed by atoms with Gasteiger partial charge in [0.25, 0.3) is 0 Å². The maximum Gasteiger partial charge on any atom is 0.242 e. The van der Waals surface area contributed by atoms with Crippen molar-refractivity contribution in [3.8, 4) is 0 Å². The van der Waals surface area contributed by atoms with Crippen molar-refractivity contribution < 1.29 is 8.42 Å². The van der Waals surface area contributed by atoms with Crippen LogP contribution in [0.15, 0.2) is 23.2 Å². The van der Waals surface area contributed by atoms with Crippen LogP contribution in [0, 0.1) is 5.92 Å². The molecule has 0 aliphatic carbocycles. The fraction of sp³-hybridized carbons (Fsp3) is 0.643. The van der Waals surface area contributed by atoms with Gasteiger partial charge in [-0.1, -0.05) is 13.8 Å². The van der Waals surface area contributed by atoms with Crippen molar-refractivity contribution in [2.24, 2.45) is 11.7 Å². The van der Waals surface area contributed by atoms with Gasteiger partial charge in [0.05, 0.1) is 5.69 Å². The second-order valence-corrected chi connectivity index (χ2v) is 7.54. The standard InChI is InChI=1S/C14H26N4O2S/c1-11(2)8-12(10-18(3)4)17-21(19,20)14-6-5-7-16-13(14)9-15/h5-7,11-12,17H,8-10,15H2,1-4H3. The zero-order valence-corrected chi connectivity index (χ0v) is 14.0. The third-order valence-corrected chi connectivity index (χ3v) is 4.59. The summed E-state index contributed by atoms with van der Waals surface area (Å²) >= 11 is 0. The fourth-order valence-corrected chi connectivity index (χ4v) is 3.71. The monoisotopic (exact) mass is 314 g/mol. The zero-order chi connectivity index (χ0) is 16.0. The predicted molar refractivity (Wildman–Crippen MR) is 84.2 cm³/mol. The van der Waals surface area contributed by atoms with Crippen LogP contribution >= 0.6 is 0 Å². The smallest absolute Gasteiger partial charge is 0.242 e. The summed E-state index contributed by atoms with van der Waals surface area (Å²) in [4.78, 5) is 6.18. The number of nitrogens with one attached hydrogen (secondary N) is 1. The van der Waals surface area contributed by atoms with E-state index in [1.165, 1.54) is 0 Å². The number of pyridine rings is 1. The van der Waals surface area contributed by atoms with Gasteiger partial charge < -0.3 is 10.6 Å². The predicted octanol–water partition coefficient (Wildman–Crippen LogP) is 0.795. The lowest BCUT2D eigenvalue weighted by atomic mass is 10.0. The van der Waals surface area contributed by atoms with E-state index in [9.17, 15) is 8.42 Å². The van der Waals surface area contributed by atoms with E-state index in [-0.39, 0.29) is 17.5 Å². The molecule has 1 rings (SSSR count). The lowest BCUT2D eigenvalue weighted by molar-refractivity contribution is 0.329. The van der Waals surface area contributed by atoms with Gasteiger partial charge in [-0.05, 0) is 38.6 Å². The first kappa shape index (κ1) is 18.0. The Balaban J connectivity index is 2.99. The Morgan fingerprint density at radius 1 is 1.38 bits per heavy atom. The van der Waals surface area contributed by atoms with Crippen LogP contribution in [0.4, 0.5) is 0 Å². The zero-order valence-electron chi connectivity index (χ0n) is 13.2. The molecule has 1 unspecified atom stereocenters. The van der Waals surface area contributed by atoms with Gasteiger partial charge in [-0.15, -0.1) is 0 Å². The number of aromatic nitrogens is 1. The molecule has 7 heteroatoms. The Hall–Kier alpha value is -1.02. The van der Waals surface area contributed by atoms with Gasteiger partial charge in [0.2, 0.25) is 10.0 Å². The first-order valence-corrected chi connectivity index (χ1v) is 8.55. The number of hydrogen-bond acceptors (Lipinski definition) is 5. The van der Waals surface area contributed by atoms with E-state index in [1.54, 1.807) is 18.3 Å². The number of hydrogen-bond donors (Lipinski definition) is 2. The minimum atomic E-state index is -3.61. The van der Waals surface area contributed by atoms with Crippen molar-refractivity contribution in [2.75, 3.05) is 20.6 Å². The average molecular weight is 314 g/mol. The summed E-state index contributed by atoms with van der Waals surface area (Å²) in [6.45, 7) is 4.90. The van der Waals surface area contributed by atoms with E-state index >= 15 is 0 Å². The highest BCUT2D eigenvalue weighted by molar-refractivity contribution is 7.89. The van der Waals surface area contributed by atoms with Crippen LogP contribution in [0.5, 0.6) is 0 Å². The number of rotatable bonds is 8. The lowest BCUT2D eigenvalue weighted by Crippen LogP contribution is -2.42. The van der Waals surface area contributed by atoms with E-state index in [2.05, 4.69) is 23.6 Å². The Labute approximate surface area is 127 Å². The highest BCUT2D eigenvalue weighted by atomic mass is 32.2. The van der Waals surface area contributed by atoms with E-state index < -0.39 is 10.0 Å². The number of nitrogens with zero attached hydrogens (tertiary/aromatic N) is 2. The largest absolute Gasteiger partial charge is 0.325 e. The van der Waals surface area contributed by atoms with Crippen molar-refractivity contribution in [1.29, 1.82) is 0 Å². The minimum Gasteiger partial charge on any atom is -0.325 e. The number of likely N-dealkylation sites (N-methyl/N-ethyl adjacent to an activating group) is 1. The maximum absolute atomic E-state index is 12.6. The van der Waals surface area contributed by atoms with Crippen LogP contribution < -0.4 is 10.5 Å². The molecule has 0 aliphatic heterocycles. The maximum atomic E-state index is 12.6. The molecular formula is C14H26N4O2S. The second-order valence-electron chi connectivity index (χ2n) is 5.86. The lowest BCUT2D eigenvalue weighted by Gasteiger charge is -2.24. The summed E-state index contributed by atoms with van der Waals surface area (Å²) in [7, 11) is 0.243. The van der Waals surface area contributed by atoms with Crippen LogP contribution in [-0.4, -0.2) is 45.0 Å². The molecule has 0 amide bonds. The molecule has 6 nitrogen and oxygen atoms in total. The third-order valence-electron chi connectivity index (χ3n) is 2.99. The SMILES string of the molecule is CC(C)CC(CN(C)C)NS(=O)(=O)c1cccnc1CN. The first-order chi connectivity index (χ1) is 9.76. The van der Waals surface area contributed by atoms with Gasteiger partial charge in [-0.3, -0.25) is 4.98 Å². The minimum absolute atomic E-state index is 0.0968. The van der Waals surface area contributed by atoms with Gasteiger partial charge >= 0.3 is 0 Å². The summed E-state index contributed by atoms with van der Waals surface area (Å²) in [6, 6.07) is 3.01. The van der Waals surface area contributed by atoms with E-state index in [0.717, 1.165) is 6.42 Å². The molecule has 0 aliphatic rings. The Morgan fingerprint density at radius 3 is 2.57 bits per heavy atom. The molecule has 0 fully saturated rings. The molecule has 0 bridgehead atoms. The van der Waals surface area contributed by atoms with Gasteiger partial charge in [0.1, 0.15) is 4.90 Å². The normalized spacial score (nSPS) is 13.9. The number of nitrogens with two attached hydrogens (primary N) is 1. The topological polar surface area (TPSA) is 88.3 Å². The molecule has 1 aromatic heterocycles. The molecule has 0 spiro atoms. The molecule has 0 radical (unpaired) electrons. The summed E-state index contributed by atoms with van der Waals surface area (Å²) in [5, 5.41) is 0. The van der Waals surface area contributed by atoms with Gasteiger partial charge in [0.15, 0.2) is 0 Å². The highest BCUT2D eigenvalue weighted by Crippen LogP contribution is 2.15. The first-order valence-electron chi connectivity index (χ1n) is 7.07. The summed E-state index contributed by atoms with van der Waals surface area (Å²) in [5.41, 5.74) is 5.96. The summed E-state index contributed by atoms with van der Waals surface area (Å²) in [6.07, 6.45) is 2.32. The molecular weight excluding hydrogens is 288 g/mol. The molecule has 3 N–H and O–H groups in total. The molecule has 0 aromatic carbocycles. The van der Waals surface area contributed by atoms with E-state index in [4.69, 9.17) is 5.73 Å². The van der Waals surface area contributed by atoms with Crippen LogP contribution in [0.1, 0.15) is 26.0 Å². The number of sulfonamides is 1. The van der Waals surface area contributed by atoms with Gasteiger partial charge in [0, 0.05) is 25.3 Å². The Morgan fingerprint density at radius 2 is 2.05 bits per heavy atom. The van der Waals surface area contributed by atoms with Crippen molar-refractivity contribution in [1.82, 2.24) is 14.6 Å². The van der Waals surface area contributed by atoms with Crippen molar-refractivity contribution in [3.63, 3.8) is 0 Å². The van der Waals surface area contributed by atoms with Crippen LogP contribution in [0.25, 0.3) is 0 Å². The molecule has 21 heavy (non-hydrogen) atoms. The van der Waals surface area contributed by atoms with Gasteiger partial charge in [-0.25, -0.2) is 13.1 Å². The molecule has 120 valence electrons. The second kappa shape index (κ2) is 7.84. The van der Waals surface area contributed by atoms with Gasteiger partial charge in [-0.2, -0.15) is 0 Å². The van der Waals surface area contributed by atoms with Crippen LogP contribution in [0.3, 0.4) is 0 Å². The molecule has 1 atom stereocenters. The Kier molecular flexibility index (Phi) is 6.73. The summed E-state index contributed by atoms with van der Waals surface area (Å²) in [5.74, 6) is 0.403. The van der Waals surface area contributed by atoms with E-state index in [1.807, 2.05) is 19.0 Å². The Bertz CT molecular complexity index is 534. The van der Waals surface area contributed by atoms with Crippen LogP contribution in [0.2, 0.25) is 0 Å². The molecule has 0 saturated carbocycles. The molecule has 1 aromatic rings.